The summed E-state index contributed by atoms with van der Waals surface area (Å²) in [5.41, 5.74) is 2.14. The van der Waals surface area contributed by atoms with Crippen molar-refractivity contribution < 1.29 is 4.79 Å². The maximum Gasteiger partial charge on any atom is 0.227 e. The second-order valence-corrected chi connectivity index (χ2v) is 8.61. The zero-order valence-electron chi connectivity index (χ0n) is 16.7. The number of fused-ring (bicyclic) bond motifs is 1. The summed E-state index contributed by atoms with van der Waals surface area (Å²) in [6, 6.07) is 6.13. The van der Waals surface area contributed by atoms with Crippen molar-refractivity contribution in [3.8, 4) is 0 Å². The largest absolute Gasteiger partial charge is 0.309 e. The molecule has 0 radical (unpaired) electrons. The quantitative estimate of drug-likeness (QED) is 0.752. The van der Waals surface area contributed by atoms with Gasteiger partial charge in [0, 0.05) is 39.1 Å². The van der Waals surface area contributed by atoms with E-state index in [4.69, 9.17) is 0 Å². The molecule has 1 aliphatic heterocycles. The van der Waals surface area contributed by atoms with E-state index >= 15 is 0 Å². The van der Waals surface area contributed by atoms with Crippen LogP contribution in [0.1, 0.15) is 18.4 Å². The Kier molecular flexibility index (Phi) is 7.18. The fourth-order valence-electron chi connectivity index (χ4n) is 3.43. The number of hydrogen-bond acceptors (Lipinski definition) is 6. The number of aryl methyl sites for hydroxylation is 1. The fourth-order valence-corrected chi connectivity index (χ4v) is 4.39. The lowest BCUT2D eigenvalue weighted by Crippen LogP contribution is -2.47. The van der Waals surface area contributed by atoms with E-state index < -0.39 is 0 Å². The van der Waals surface area contributed by atoms with E-state index in [0.717, 1.165) is 55.0 Å². The summed E-state index contributed by atoms with van der Waals surface area (Å²) in [5.74, 6) is 0.0557. The Bertz CT molecular complexity index is 752. The van der Waals surface area contributed by atoms with Crippen LogP contribution in [0.25, 0.3) is 10.2 Å². The summed E-state index contributed by atoms with van der Waals surface area (Å²) >= 11 is 1.54. The molecule has 1 amide bonds. The molecule has 0 aliphatic carbocycles. The number of amides is 1. The van der Waals surface area contributed by atoms with E-state index in [1.54, 1.807) is 11.3 Å². The van der Waals surface area contributed by atoms with Gasteiger partial charge < -0.3 is 20.0 Å². The highest BCUT2D eigenvalue weighted by Crippen LogP contribution is 2.27. The van der Waals surface area contributed by atoms with Crippen molar-refractivity contribution in [3.63, 3.8) is 0 Å². The van der Waals surface area contributed by atoms with Crippen molar-refractivity contribution in [3.05, 3.63) is 23.8 Å². The molecule has 1 fully saturated rings. The highest BCUT2D eigenvalue weighted by atomic mass is 32.1. The van der Waals surface area contributed by atoms with Crippen LogP contribution in [-0.2, 0) is 4.79 Å². The molecule has 1 aromatic heterocycles. The molecule has 0 bridgehead atoms. The van der Waals surface area contributed by atoms with Crippen LogP contribution in [0.15, 0.2) is 18.2 Å². The van der Waals surface area contributed by atoms with E-state index in [1.807, 2.05) is 25.1 Å². The second-order valence-electron chi connectivity index (χ2n) is 7.58. The van der Waals surface area contributed by atoms with Gasteiger partial charge in [-0.1, -0.05) is 23.5 Å². The summed E-state index contributed by atoms with van der Waals surface area (Å²) in [5, 5.41) is 3.68. The van der Waals surface area contributed by atoms with Gasteiger partial charge in [-0.15, -0.1) is 0 Å². The molecule has 1 saturated heterocycles. The molecule has 7 heteroatoms. The molecule has 1 N–H and O–H groups in total. The van der Waals surface area contributed by atoms with Crippen molar-refractivity contribution in [1.29, 1.82) is 0 Å². The van der Waals surface area contributed by atoms with Gasteiger partial charge in [-0.05, 0) is 52.2 Å². The summed E-state index contributed by atoms with van der Waals surface area (Å²) in [6.45, 7) is 9.49. The Balaban J connectivity index is 1.37. The fraction of sp³-hybridized carbons (Fsp3) is 0.600. The lowest BCUT2D eigenvalue weighted by Gasteiger charge is -2.34. The number of para-hydroxylation sites is 1. The van der Waals surface area contributed by atoms with Crippen LogP contribution in [0, 0.1) is 6.92 Å². The molecule has 3 rings (SSSR count). The van der Waals surface area contributed by atoms with E-state index in [2.05, 4.69) is 39.1 Å². The number of aromatic nitrogens is 1. The third-order valence-corrected chi connectivity index (χ3v) is 6.00. The molecular weight excluding hydrogens is 358 g/mol. The predicted octanol–water partition coefficient (Wildman–Crippen LogP) is 2.50. The smallest absolute Gasteiger partial charge is 0.227 e. The molecule has 6 nitrogen and oxygen atoms in total. The van der Waals surface area contributed by atoms with Gasteiger partial charge >= 0.3 is 0 Å². The molecule has 2 aromatic rings. The molecule has 0 saturated carbocycles. The Morgan fingerprint density at radius 1 is 1.19 bits per heavy atom. The highest BCUT2D eigenvalue weighted by Gasteiger charge is 2.17. The van der Waals surface area contributed by atoms with E-state index in [0.29, 0.717) is 11.6 Å². The van der Waals surface area contributed by atoms with Gasteiger partial charge in [-0.25, -0.2) is 4.98 Å². The summed E-state index contributed by atoms with van der Waals surface area (Å²) in [6.07, 6.45) is 1.74. The van der Waals surface area contributed by atoms with Gasteiger partial charge in [0.2, 0.25) is 5.91 Å². The zero-order chi connectivity index (χ0) is 19.2. The maximum atomic E-state index is 12.3. The predicted molar refractivity (Wildman–Crippen MR) is 114 cm³/mol. The Morgan fingerprint density at radius 2 is 1.89 bits per heavy atom. The third kappa shape index (κ3) is 5.97. The number of hydrogen-bond donors (Lipinski definition) is 1. The number of thiazole rings is 1. The minimum atomic E-state index is 0.0557. The normalized spacial score (nSPS) is 16.3. The number of carbonyl (C=O) groups is 1. The Hall–Kier alpha value is -1.54. The molecular formula is C20H31N5OS. The van der Waals surface area contributed by atoms with Gasteiger partial charge in [0.1, 0.15) is 0 Å². The number of piperazine rings is 1. The van der Waals surface area contributed by atoms with Crippen LogP contribution < -0.4 is 5.32 Å². The van der Waals surface area contributed by atoms with Gasteiger partial charge in [0.15, 0.2) is 5.13 Å². The van der Waals surface area contributed by atoms with E-state index in [1.165, 1.54) is 13.0 Å². The molecule has 0 unspecified atom stereocenters. The van der Waals surface area contributed by atoms with E-state index in [-0.39, 0.29) is 5.91 Å². The average Bonchev–Trinajstić information content (AvgIpc) is 3.04. The van der Waals surface area contributed by atoms with Crippen LogP contribution in [0.4, 0.5) is 5.13 Å². The topological polar surface area (TPSA) is 51.7 Å². The van der Waals surface area contributed by atoms with Gasteiger partial charge in [-0.3, -0.25) is 4.79 Å². The van der Waals surface area contributed by atoms with Crippen LogP contribution in [0.5, 0.6) is 0 Å². The molecule has 1 aliphatic rings. The van der Waals surface area contributed by atoms with Gasteiger partial charge in [-0.2, -0.15) is 0 Å². The lowest BCUT2D eigenvalue weighted by atomic mass is 10.2. The van der Waals surface area contributed by atoms with Gasteiger partial charge in [0.05, 0.1) is 10.2 Å². The first-order valence-electron chi connectivity index (χ1n) is 9.77. The minimum Gasteiger partial charge on any atom is -0.309 e. The molecule has 2 heterocycles. The number of anilines is 1. The molecule has 148 valence electrons. The van der Waals surface area contributed by atoms with Crippen LogP contribution in [0.2, 0.25) is 0 Å². The maximum absolute atomic E-state index is 12.3. The molecule has 27 heavy (non-hydrogen) atoms. The first-order valence-corrected chi connectivity index (χ1v) is 10.6. The van der Waals surface area contributed by atoms with Crippen LogP contribution in [0.3, 0.4) is 0 Å². The first-order chi connectivity index (χ1) is 13.0. The third-order valence-electron chi connectivity index (χ3n) is 5.07. The summed E-state index contributed by atoms with van der Waals surface area (Å²) in [4.78, 5) is 24.0. The minimum absolute atomic E-state index is 0.0557. The van der Waals surface area contributed by atoms with Crippen molar-refractivity contribution in [2.45, 2.75) is 19.8 Å². The zero-order valence-corrected chi connectivity index (χ0v) is 17.5. The summed E-state index contributed by atoms with van der Waals surface area (Å²) < 4.78 is 1.12. The number of nitrogens with one attached hydrogen (secondary N) is 1. The average molecular weight is 390 g/mol. The van der Waals surface area contributed by atoms with Crippen molar-refractivity contribution in [2.75, 3.05) is 65.2 Å². The van der Waals surface area contributed by atoms with Crippen molar-refractivity contribution in [1.82, 2.24) is 19.7 Å². The molecule has 1 aromatic carbocycles. The standard InChI is InChI=1S/C20H31N5OS/c1-16-6-4-7-17-19(16)22-20(27-17)21-18(26)8-11-25-14-12-24(13-15-25)10-5-9-23(2)3/h4,6-7H,5,8-15H2,1-3H3,(H,21,22,26). The number of benzene rings is 1. The molecule has 0 atom stereocenters. The molecule has 0 spiro atoms. The number of carbonyl (C=O) groups excluding carboxylic acids is 1. The monoisotopic (exact) mass is 389 g/mol. The lowest BCUT2D eigenvalue weighted by molar-refractivity contribution is -0.116. The van der Waals surface area contributed by atoms with Gasteiger partial charge in [0.25, 0.3) is 0 Å². The highest BCUT2D eigenvalue weighted by molar-refractivity contribution is 7.22. The Labute approximate surface area is 166 Å². The number of rotatable bonds is 8. The van der Waals surface area contributed by atoms with Crippen molar-refractivity contribution in [2.24, 2.45) is 0 Å². The van der Waals surface area contributed by atoms with Crippen molar-refractivity contribution >= 4 is 32.6 Å². The SMILES string of the molecule is Cc1cccc2sc(NC(=O)CCN3CCN(CCCN(C)C)CC3)nc12. The van der Waals surface area contributed by atoms with Crippen LogP contribution >= 0.6 is 11.3 Å². The number of nitrogens with zero attached hydrogens (tertiary/aromatic N) is 4. The first kappa shape index (κ1) is 20.2. The van der Waals surface area contributed by atoms with Crippen LogP contribution in [-0.4, -0.2) is 85.5 Å². The second kappa shape index (κ2) is 9.59. The summed E-state index contributed by atoms with van der Waals surface area (Å²) in [7, 11) is 4.25. The Morgan fingerprint density at radius 3 is 2.56 bits per heavy atom. The van der Waals surface area contributed by atoms with E-state index in [9.17, 15) is 4.79 Å².